The summed E-state index contributed by atoms with van der Waals surface area (Å²) in [6, 6.07) is 0. The third-order valence-electron chi connectivity index (χ3n) is 5.32. The summed E-state index contributed by atoms with van der Waals surface area (Å²) in [6.45, 7) is 2.22. The summed E-state index contributed by atoms with van der Waals surface area (Å²) in [5.41, 5.74) is 0.595. The zero-order valence-corrected chi connectivity index (χ0v) is 11.8. The van der Waals surface area contributed by atoms with Crippen molar-refractivity contribution in [3.63, 3.8) is 0 Å². The van der Waals surface area contributed by atoms with Crippen molar-refractivity contribution in [3.05, 3.63) is 0 Å². The molecule has 0 spiro atoms. The number of hydrogen-bond acceptors (Lipinski definition) is 1. The average molecular weight is 287 g/mol. The molecule has 2 bridgehead atoms. The Balaban J connectivity index is 1.67. The van der Waals surface area contributed by atoms with E-state index in [0.29, 0.717) is 17.6 Å². The van der Waals surface area contributed by atoms with Gasteiger partial charge in [-0.3, -0.25) is 0 Å². The lowest BCUT2D eigenvalue weighted by Gasteiger charge is -2.38. The minimum atomic E-state index is 0.510. The van der Waals surface area contributed by atoms with Crippen LogP contribution in [-0.2, 0) is 4.74 Å². The van der Waals surface area contributed by atoms with Gasteiger partial charge in [0.05, 0.1) is 12.2 Å². The van der Waals surface area contributed by atoms with Crippen LogP contribution in [0.25, 0.3) is 0 Å². The van der Waals surface area contributed by atoms with Gasteiger partial charge in [-0.1, -0.05) is 22.4 Å². The third-order valence-corrected chi connectivity index (χ3v) is 6.44. The van der Waals surface area contributed by atoms with Crippen LogP contribution in [0.3, 0.4) is 0 Å². The maximum absolute atomic E-state index is 6.04. The summed E-state index contributed by atoms with van der Waals surface area (Å²) >= 11 is 3.80. The largest absolute Gasteiger partial charge is 0.375 e. The van der Waals surface area contributed by atoms with E-state index in [4.69, 9.17) is 4.74 Å². The fraction of sp³-hybridized carbons (Fsp3) is 1.00. The molecule has 1 heterocycles. The second-order valence-corrected chi connectivity index (χ2v) is 6.99. The van der Waals surface area contributed by atoms with E-state index >= 15 is 0 Å². The van der Waals surface area contributed by atoms with Crippen molar-refractivity contribution in [3.8, 4) is 0 Å². The van der Waals surface area contributed by atoms with Crippen molar-refractivity contribution in [1.82, 2.24) is 0 Å². The molecule has 5 atom stereocenters. The molecule has 3 fully saturated rings. The number of alkyl halides is 1. The van der Waals surface area contributed by atoms with E-state index in [-0.39, 0.29) is 0 Å². The van der Waals surface area contributed by atoms with E-state index < -0.39 is 0 Å². The molecule has 1 saturated heterocycles. The normalized spacial score (nSPS) is 51.4. The molecule has 2 aliphatic carbocycles. The summed E-state index contributed by atoms with van der Waals surface area (Å²) < 4.78 is 6.04. The van der Waals surface area contributed by atoms with Crippen LogP contribution in [-0.4, -0.2) is 17.5 Å². The molecule has 3 aliphatic rings. The molecule has 0 radical (unpaired) electrons. The zero-order valence-electron chi connectivity index (χ0n) is 10.3. The van der Waals surface area contributed by atoms with Gasteiger partial charge < -0.3 is 4.74 Å². The molecule has 92 valence electrons. The Morgan fingerprint density at radius 1 is 1.25 bits per heavy atom. The monoisotopic (exact) mass is 286 g/mol. The molecule has 3 rings (SSSR count). The minimum Gasteiger partial charge on any atom is -0.375 e. The molecule has 0 aromatic carbocycles. The van der Waals surface area contributed by atoms with Crippen LogP contribution in [0.4, 0.5) is 0 Å². The first-order valence-electron chi connectivity index (χ1n) is 6.93. The first-order chi connectivity index (χ1) is 7.72. The molecular weight excluding hydrogens is 264 g/mol. The first-order valence-corrected chi connectivity index (χ1v) is 8.05. The van der Waals surface area contributed by atoms with Gasteiger partial charge in [0.25, 0.3) is 0 Å². The topological polar surface area (TPSA) is 9.23 Å². The fourth-order valence-electron chi connectivity index (χ4n) is 4.52. The van der Waals surface area contributed by atoms with Gasteiger partial charge >= 0.3 is 0 Å². The molecule has 1 aliphatic heterocycles. The third kappa shape index (κ3) is 1.86. The highest BCUT2D eigenvalue weighted by Gasteiger charge is 2.51. The van der Waals surface area contributed by atoms with Crippen molar-refractivity contribution in [1.29, 1.82) is 0 Å². The fourth-order valence-corrected chi connectivity index (χ4v) is 5.43. The van der Waals surface area contributed by atoms with Gasteiger partial charge in [-0.05, 0) is 62.7 Å². The number of fused-ring (bicyclic) bond motifs is 2. The van der Waals surface area contributed by atoms with E-state index in [1.165, 1.54) is 50.3 Å². The van der Waals surface area contributed by atoms with Gasteiger partial charge in [0, 0.05) is 5.33 Å². The number of rotatable bonds is 3. The van der Waals surface area contributed by atoms with Crippen LogP contribution in [0, 0.1) is 17.3 Å². The smallest absolute Gasteiger partial charge is 0.0585 e. The van der Waals surface area contributed by atoms with Gasteiger partial charge in [0.2, 0.25) is 0 Å². The second-order valence-electron chi connectivity index (χ2n) is 6.43. The minimum absolute atomic E-state index is 0.510. The van der Waals surface area contributed by atoms with Gasteiger partial charge in [-0.2, -0.15) is 0 Å². The lowest BCUT2D eigenvalue weighted by molar-refractivity contribution is 0.0127. The highest BCUT2D eigenvalue weighted by Crippen LogP contribution is 2.59. The molecule has 0 aromatic heterocycles. The predicted molar refractivity (Wildman–Crippen MR) is 69.9 cm³/mol. The van der Waals surface area contributed by atoms with Crippen molar-refractivity contribution >= 4 is 15.9 Å². The molecule has 1 nitrogen and oxygen atoms in total. The van der Waals surface area contributed by atoms with Crippen molar-refractivity contribution in [2.45, 2.75) is 64.1 Å². The van der Waals surface area contributed by atoms with E-state index in [9.17, 15) is 0 Å². The Bertz CT molecular complexity index is 267. The molecule has 2 heteroatoms. The number of ether oxygens (including phenoxy) is 1. The average Bonchev–Trinajstić information content (AvgIpc) is 2.94. The number of halogens is 1. The molecule has 0 N–H and O–H groups in total. The summed E-state index contributed by atoms with van der Waals surface area (Å²) in [5.74, 6) is 2.04. The van der Waals surface area contributed by atoms with Crippen LogP contribution in [0.1, 0.15) is 51.9 Å². The SMILES string of the molecule is CC1CCC(CC2(CBr)CC3CCC2C3)O1. The van der Waals surface area contributed by atoms with Crippen LogP contribution < -0.4 is 0 Å². The molecule has 0 amide bonds. The predicted octanol–water partition coefficient (Wildman–Crippen LogP) is 4.15. The standard InChI is InChI=1S/C14H23BrO/c1-10-2-5-13(16-10)8-14(9-15)7-11-3-4-12(14)6-11/h10-13H,2-9H2,1H3. The summed E-state index contributed by atoms with van der Waals surface area (Å²) in [7, 11) is 0. The Hall–Kier alpha value is 0.440. The van der Waals surface area contributed by atoms with Crippen molar-refractivity contribution in [2.75, 3.05) is 5.33 Å². The Morgan fingerprint density at radius 3 is 2.62 bits per heavy atom. The molecule has 2 saturated carbocycles. The van der Waals surface area contributed by atoms with Crippen LogP contribution >= 0.6 is 15.9 Å². The Labute approximate surface area is 107 Å². The van der Waals surface area contributed by atoms with Crippen LogP contribution in [0.2, 0.25) is 0 Å². The lowest BCUT2D eigenvalue weighted by atomic mass is 9.71. The maximum atomic E-state index is 6.04. The summed E-state index contributed by atoms with van der Waals surface area (Å²) in [6.07, 6.45) is 10.9. The van der Waals surface area contributed by atoms with E-state index in [2.05, 4.69) is 22.9 Å². The van der Waals surface area contributed by atoms with Gasteiger partial charge in [0.15, 0.2) is 0 Å². The molecule has 16 heavy (non-hydrogen) atoms. The second kappa shape index (κ2) is 4.28. The van der Waals surface area contributed by atoms with E-state index in [0.717, 1.165) is 11.8 Å². The summed E-state index contributed by atoms with van der Waals surface area (Å²) in [4.78, 5) is 0. The first kappa shape index (κ1) is 11.5. The van der Waals surface area contributed by atoms with Gasteiger partial charge in [0.1, 0.15) is 0 Å². The maximum Gasteiger partial charge on any atom is 0.0585 e. The zero-order chi connectivity index (χ0) is 11.2. The Morgan fingerprint density at radius 2 is 2.12 bits per heavy atom. The highest BCUT2D eigenvalue weighted by atomic mass is 79.9. The van der Waals surface area contributed by atoms with Crippen LogP contribution in [0.5, 0.6) is 0 Å². The van der Waals surface area contributed by atoms with Gasteiger partial charge in [-0.15, -0.1) is 0 Å². The Kier molecular flexibility index (Phi) is 3.08. The molecule has 0 aromatic rings. The molecule has 5 unspecified atom stereocenters. The highest BCUT2D eigenvalue weighted by molar-refractivity contribution is 9.09. The van der Waals surface area contributed by atoms with Crippen molar-refractivity contribution in [2.24, 2.45) is 17.3 Å². The van der Waals surface area contributed by atoms with E-state index in [1.807, 2.05) is 0 Å². The lowest BCUT2D eigenvalue weighted by Crippen LogP contribution is -2.33. The van der Waals surface area contributed by atoms with E-state index in [1.54, 1.807) is 0 Å². The number of hydrogen-bond donors (Lipinski definition) is 0. The summed E-state index contributed by atoms with van der Waals surface area (Å²) in [5, 5.41) is 1.20. The van der Waals surface area contributed by atoms with Crippen LogP contribution in [0.15, 0.2) is 0 Å². The van der Waals surface area contributed by atoms with Crippen molar-refractivity contribution < 1.29 is 4.74 Å². The molecular formula is C14H23BrO. The van der Waals surface area contributed by atoms with Gasteiger partial charge in [-0.25, -0.2) is 0 Å². The quantitative estimate of drug-likeness (QED) is 0.709.